The van der Waals surface area contributed by atoms with Crippen molar-refractivity contribution in [1.29, 1.82) is 0 Å². The molecule has 12 heteroatoms. The van der Waals surface area contributed by atoms with Crippen molar-refractivity contribution in [2.75, 3.05) is 6.61 Å². The van der Waals surface area contributed by atoms with Gasteiger partial charge in [0.2, 0.25) is 34.8 Å². The molecule has 31 heavy (non-hydrogen) atoms. The molecular formula is C19H19F5NO5P. The number of esters is 1. The molecule has 2 aromatic carbocycles. The molecule has 0 bridgehead atoms. The van der Waals surface area contributed by atoms with Crippen LogP contribution in [0.5, 0.6) is 11.5 Å². The average Bonchev–Trinajstić information content (AvgIpc) is 2.72. The zero-order valence-electron chi connectivity index (χ0n) is 16.6. The minimum Gasteiger partial charge on any atom is -0.464 e. The minimum atomic E-state index is -4.92. The van der Waals surface area contributed by atoms with Crippen molar-refractivity contribution in [3.63, 3.8) is 0 Å². The summed E-state index contributed by atoms with van der Waals surface area (Å²) in [6.45, 7) is 4.74. The van der Waals surface area contributed by atoms with Crippen LogP contribution in [0.4, 0.5) is 22.0 Å². The molecule has 0 spiro atoms. The molecule has 0 aliphatic heterocycles. The third kappa shape index (κ3) is 6.18. The van der Waals surface area contributed by atoms with Crippen LogP contribution in [0, 0.1) is 35.0 Å². The van der Waals surface area contributed by atoms with Crippen LogP contribution in [-0.4, -0.2) is 18.6 Å². The van der Waals surface area contributed by atoms with Crippen LogP contribution >= 0.6 is 7.75 Å². The third-order valence-electron chi connectivity index (χ3n) is 3.61. The molecule has 0 aromatic heterocycles. The predicted molar refractivity (Wildman–Crippen MR) is 99.9 cm³/mol. The maximum atomic E-state index is 14.0. The second-order valence-electron chi connectivity index (χ2n) is 6.77. The van der Waals surface area contributed by atoms with Crippen molar-refractivity contribution in [3.05, 3.63) is 59.4 Å². The summed E-state index contributed by atoms with van der Waals surface area (Å²) in [6, 6.07) is 5.67. The van der Waals surface area contributed by atoms with Gasteiger partial charge in [-0.05, 0) is 25.0 Å². The van der Waals surface area contributed by atoms with Gasteiger partial charge in [-0.1, -0.05) is 32.0 Å². The first kappa shape index (κ1) is 24.6. The summed E-state index contributed by atoms with van der Waals surface area (Å²) in [4.78, 5) is 12.1. The molecule has 2 aromatic rings. The van der Waals surface area contributed by atoms with Gasteiger partial charge >= 0.3 is 13.7 Å². The lowest BCUT2D eigenvalue weighted by Gasteiger charge is -2.23. The van der Waals surface area contributed by atoms with E-state index in [2.05, 4.69) is 9.61 Å². The summed E-state index contributed by atoms with van der Waals surface area (Å²) >= 11 is 0. The molecular weight excluding hydrogens is 448 g/mol. The van der Waals surface area contributed by atoms with Gasteiger partial charge < -0.3 is 13.8 Å². The summed E-state index contributed by atoms with van der Waals surface area (Å²) in [5.74, 6) is -14.6. The number of hydrogen-bond donors (Lipinski definition) is 1. The SMILES string of the molecule is CC(C)COC(=O)[C@H](C)N[P@@](=O)(Oc1ccccc1)Oc1c(F)c(F)c(F)c(F)c1F. The number of hydrogen-bond acceptors (Lipinski definition) is 5. The highest BCUT2D eigenvalue weighted by molar-refractivity contribution is 7.52. The molecule has 170 valence electrons. The maximum Gasteiger partial charge on any atom is 0.513 e. The summed E-state index contributed by atoms with van der Waals surface area (Å²) in [7, 11) is -4.92. The van der Waals surface area contributed by atoms with E-state index in [0.717, 1.165) is 0 Å². The Balaban J connectivity index is 2.40. The Hall–Kier alpha value is -2.65. The van der Waals surface area contributed by atoms with E-state index in [-0.39, 0.29) is 18.3 Å². The quantitative estimate of drug-likeness (QED) is 0.181. The highest BCUT2D eigenvalue weighted by Crippen LogP contribution is 2.47. The highest BCUT2D eigenvalue weighted by atomic mass is 31.2. The smallest absolute Gasteiger partial charge is 0.464 e. The normalized spacial score (nSPS) is 14.1. The minimum absolute atomic E-state index is 0.0202. The molecule has 1 N–H and O–H groups in total. The molecule has 0 saturated heterocycles. The van der Waals surface area contributed by atoms with Crippen molar-refractivity contribution in [1.82, 2.24) is 5.09 Å². The lowest BCUT2D eigenvalue weighted by atomic mass is 10.2. The second kappa shape index (κ2) is 10.1. The lowest BCUT2D eigenvalue weighted by Crippen LogP contribution is -2.36. The average molecular weight is 467 g/mol. The van der Waals surface area contributed by atoms with Gasteiger partial charge in [-0.25, -0.2) is 17.7 Å². The molecule has 2 rings (SSSR count). The first-order chi connectivity index (χ1) is 14.4. The predicted octanol–water partition coefficient (Wildman–Crippen LogP) is 5.13. The Bertz CT molecular complexity index is 960. The van der Waals surface area contributed by atoms with E-state index in [0.29, 0.717) is 0 Å². The Kier molecular flexibility index (Phi) is 8.02. The van der Waals surface area contributed by atoms with E-state index in [1.807, 2.05) is 0 Å². The van der Waals surface area contributed by atoms with Crippen LogP contribution < -0.4 is 14.1 Å². The zero-order valence-corrected chi connectivity index (χ0v) is 17.5. The van der Waals surface area contributed by atoms with E-state index < -0.39 is 54.6 Å². The third-order valence-corrected chi connectivity index (χ3v) is 5.19. The monoisotopic (exact) mass is 467 g/mol. The molecule has 0 radical (unpaired) electrons. The fourth-order valence-corrected chi connectivity index (χ4v) is 3.66. The van der Waals surface area contributed by atoms with E-state index in [4.69, 9.17) is 9.26 Å². The zero-order chi connectivity index (χ0) is 23.3. The number of carbonyl (C=O) groups is 1. The number of ether oxygens (including phenoxy) is 1. The number of benzene rings is 2. The van der Waals surface area contributed by atoms with E-state index >= 15 is 0 Å². The Morgan fingerprint density at radius 2 is 1.42 bits per heavy atom. The standard InChI is InChI=1S/C19H19F5NO5P/c1-10(2)9-28-19(26)11(3)25-31(27,29-12-7-5-4-6-8-12)30-18-16(23)14(21)13(20)15(22)17(18)24/h4-8,10-11H,9H2,1-3H3,(H,25,27)/t11-,31+/m0/s1. The molecule has 0 aliphatic rings. The second-order valence-corrected chi connectivity index (χ2v) is 8.39. The first-order valence-corrected chi connectivity index (χ1v) is 10.5. The molecule has 0 fully saturated rings. The fraction of sp³-hybridized carbons (Fsp3) is 0.316. The number of para-hydroxylation sites is 1. The molecule has 2 atom stereocenters. The maximum absolute atomic E-state index is 14.0. The van der Waals surface area contributed by atoms with Gasteiger partial charge in [0, 0.05) is 0 Å². The van der Waals surface area contributed by atoms with Crippen LogP contribution in [0.1, 0.15) is 20.8 Å². The molecule has 0 heterocycles. The van der Waals surface area contributed by atoms with Crippen LogP contribution in [0.15, 0.2) is 30.3 Å². The van der Waals surface area contributed by atoms with E-state index in [9.17, 15) is 31.3 Å². The van der Waals surface area contributed by atoms with Gasteiger partial charge in [0.05, 0.1) is 6.61 Å². The van der Waals surface area contributed by atoms with Crippen LogP contribution in [0.3, 0.4) is 0 Å². The van der Waals surface area contributed by atoms with Crippen molar-refractivity contribution in [2.45, 2.75) is 26.8 Å². The number of halogens is 5. The van der Waals surface area contributed by atoms with Gasteiger partial charge in [0.1, 0.15) is 11.8 Å². The highest BCUT2D eigenvalue weighted by Gasteiger charge is 2.38. The van der Waals surface area contributed by atoms with Crippen molar-refractivity contribution in [2.24, 2.45) is 5.92 Å². The van der Waals surface area contributed by atoms with Gasteiger partial charge in [-0.15, -0.1) is 0 Å². The Morgan fingerprint density at radius 1 is 0.903 bits per heavy atom. The van der Waals surface area contributed by atoms with E-state index in [1.165, 1.54) is 31.2 Å². The topological polar surface area (TPSA) is 73.9 Å². The van der Waals surface area contributed by atoms with Crippen LogP contribution in [-0.2, 0) is 14.1 Å². The van der Waals surface area contributed by atoms with Gasteiger partial charge in [0.15, 0.2) is 0 Å². The summed E-state index contributed by atoms with van der Waals surface area (Å²) in [5.41, 5.74) is 0. The van der Waals surface area contributed by atoms with Crippen molar-refractivity contribution >= 4 is 13.7 Å². The fourth-order valence-electron chi connectivity index (χ4n) is 2.14. The molecule has 0 aliphatic carbocycles. The van der Waals surface area contributed by atoms with Crippen molar-refractivity contribution in [3.8, 4) is 11.5 Å². The number of nitrogens with one attached hydrogen (secondary N) is 1. The van der Waals surface area contributed by atoms with Gasteiger partial charge in [-0.2, -0.15) is 13.9 Å². The number of rotatable bonds is 9. The Labute approximate surface area is 174 Å². The van der Waals surface area contributed by atoms with Gasteiger partial charge in [-0.3, -0.25) is 4.79 Å². The molecule has 0 saturated carbocycles. The number of carbonyl (C=O) groups excluding carboxylic acids is 1. The molecule has 0 unspecified atom stereocenters. The largest absolute Gasteiger partial charge is 0.513 e. The Morgan fingerprint density at radius 3 is 1.94 bits per heavy atom. The molecule has 0 amide bonds. The van der Waals surface area contributed by atoms with Crippen LogP contribution in [0.2, 0.25) is 0 Å². The lowest BCUT2D eigenvalue weighted by molar-refractivity contribution is -0.146. The van der Waals surface area contributed by atoms with Gasteiger partial charge in [0.25, 0.3) is 0 Å². The van der Waals surface area contributed by atoms with E-state index in [1.54, 1.807) is 19.9 Å². The summed E-state index contributed by atoms with van der Waals surface area (Å²) < 4.78 is 96.3. The van der Waals surface area contributed by atoms with Crippen LogP contribution in [0.25, 0.3) is 0 Å². The summed E-state index contributed by atoms with van der Waals surface area (Å²) in [6.07, 6.45) is 0. The van der Waals surface area contributed by atoms with Crippen molar-refractivity contribution < 1.29 is 45.1 Å². The summed E-state index contributed by atoms with van der Waals surface area (Å²) in [5, 5.41) is 2.09. The first-order valence-electron chi connectivity index (χ1n) is 8.95. The molecule has 6 nitrogen and oxygen atoms in total.